The van der Waals surface area contributed by atoms with Crippen LogP contribution in [0.3, 0.4) is 0 Å². The lowest BCUT2D eigenvalue weighted by atomic mass is 9.35. The van der Waals surface area contributed by atoms with Gasteiger partial charge in [-0.15, -0.1) is 11.3 Å². The minimum Gasteiger partial charge on any atom is -0.311 e. The summed E-state index contributed by atoms with van der Waals surface area (Å²) in [6.45, 7) is 46.6. The van der Waals surface area contributed by atoms with Crippen LogP contribution in [0.15, 0.2) is 140 Å². The minimum atomic E-state index is -0.0639. The van der Waals surface area contributed by atoms with Gasteiger partial charge >= 0.3 is 0 Å². The number of hydrogen-bond donors (Lipinski definition) is 0. The molecule has 2 aliphatic heterocycles. The predicted octanol–water partition coefficient (Wildman–Crippen LogP) is 22.5. The summed E-state index contributed by atoms with van der Waals surface area (Å²) in [5.74, 6) is 1.26. The van der Waals surface area contributed by atoms with Crippen molar-refractivity contribution in [2.75, 3.05) is 9.80 Å². The molecule has 0 N–H and O–H groups in total. The molecule has 10 aromatic rings. The van der Waals surface area contributed by atoms with Crippen molar-refractivity contribution in [3.63, 3.8) is 0 Å². The Morgan fingerprint density at radius 1 is 0.462 bits per heavy atom. The summed E-state index contributed by atoms with van der Waals surface area (Å²) in [4.78, 5) is 5.64. The maximum atomic E-state index is 2.89. The lowest BCUT2D eigenvalue weighted by Gasteiger charge is -2.47. The van der Waals surface area contributed by atoms with Gasteiger partial charge in [-0.1, -0.05) is 204 Å². The summed E-state index contributed by atoms with van der Waals surface area (Å²) >= 11 is 2.11. The normalized spacial score (nSPS) is 21.6. The summed E-state index contributed by atoms with van der Waals surface area (Å²) in [5, 5.41) is 3.99. The number of rotatable bonds is 4. The van der Waals surface area contributed by atoms with Crippen LogP contribution in [0, 0.1) is 5.92 Å². The lowest BCUT2D eigenvalue weighted by molar-refractivity contribution is 0.332. The van der Waals surface area contributed by atoms with Gasteiger partial charge in [-0.2, -0.15) is 0 Å². The van der Waals surface area contributed by atoms with E-state index in [1.807, 2.05) is 0 Å². The van der Waals surface area contributed by atoms with Crippen LogP contribution in [0.2, 0.25) is 0 Å². The van der Waals surface area contributed by atoms with Crippen molar-refractivity contribution in [2.45, 2.75) is 226 Å². The van der Waals surface area contributed by atoms with E-state index in [-0.39, 0.29) is 50.0 Å². The molecule has 0 spiro atoms. The highest BCUT2D eigenvalue weighted by Gasteiger charge is 2.51. The van der Waals surface area contributed by atoms with E-state index in [0.717, 1.165) is 31.6 Å². The molecule has 2 bridgehead atoms. The Balaban J connectivity index is 1.12. The average Bonchev–Trinajstić information content (AvgIpc) is 1.67. The molecule has 0 amide bonds. The Labute approximate surface area is 548 Å². The molecule has 3 nitrogen and oxygen atoms in total. The highest BCUT2D eigenvalue weighted by atomic mass is 32.1. The van der Waals surface area contributed by atoms with E-state index in [1.165, 1.54) is 157 Å². The first-order valence-corrected chi connectivity index (χ1v) is 35.6. The van der Waals surface area contributed by atoms with Crippen LogP contribution in [0.1, 0.15) is 232 Å². The molecule has 4 heterocycles. The molecule has 2 aromatic heterocycles. The van der Waals surface area contributed by atoms with Crippen LogP contribution >= 0.6 is 11.3 Å². The minimum absolute atomic E-state index is 0.00231. The standard InChI is InChI=1S/C86H96BN3S/c1-50-52-33-34-86(19,49-52)63-44-62-75(45-60(50)63)91-78-77(62)90(71-47-66-64(82(11,12)35-37-84(66,15)16)43-61(71)51-23-21-20-22-24-51)74-42-57(89-69-39-54(80(5,6)7)27-31-58(69)59-32-28-55(40-70(59)89)81(8,9)10)41-73-76(74)87(78)68-46-65-67(85(17,18)38-36-83(65,13)14)48-72(68)88(73)56-29-25-53(26-30-56)79(2,3)4/h20-32,39-48,50,52H,33-38,49H2,1-19H3. The van der Waals surface area contributed by atoms with Crippen LogP contribution in [0.25, 0.3) is 48.7 Å². The molecule has 16 rings (SSSR count). The van der Waals surface area contributed by atoms with Gasteiger partial charge < -0.3 is 14.4 Å². The zero-order chi connectivity index (χ0) is 64.0. The van der Waals surface area contributed by atoms with Gasteiger partial charge in [0.1, 0.15) is 0 Å². The highest BCUT2D eigenvalue weighted by Crippen LogP contribution is 2.60. The van der Waals surface area contributed by atoms with Gasteiger partial charge in [0.25, 0.3) is 6.71 Å². The van der Waals surface area contributed by atoms with Crippen molar-refractivity contribution in [1.29, 1.82) is 0 Å². The Kier molecular flexibility index (Phi) is 12.5. The van der Waals surface area contributed by atoms with Crippen LogP contribution in [-0.2, 0) is 43.3 Å². The molecule has 6 aliphatic rings. The van der Waals surface area contributed by atoms with Crippen LogP contribution in [-0.4, -0.2) is 11.3 Å². The molecule has 464 valence electrons. The summed E-state index contributed by atoms with van der Waals surface area (Å²) in [6, 6.07) is 57.7. The van der Waals surface area contributed by atoms with E-state index in [4.69, 9.17) is 0 Å². The fourth-order valence-electron chi connectivity index (χ4n) is 18.3. The Morgan fingerprint density at radius 3 is 1.54 bits per heavy atom. The molecule has 3 unspecified atom stereocenters. The first-order chi connectivity index (χ1) is 42.7. The number of nitrogens with zero attached hydrogens (tertiary/aromatic N) is 3. The monoisotopic (exact) mass is 1210 g/mol. The smallest absolute Gasteiger partial charge is 0.264 e. The largest absolute Gasteiger partial charge is 0.311 e. The molecular formula is C86H96BN3S. The van der Waals surface area contributed by atoms with Crippen molar-refractivity contribution >= 4 is 99.8 Å². The van der Waals surface area contributed by atoms with Crippen LogP contribution in [0.5, 0.6) is 0 Å². The van der Waals surface area contributed by atoms with Gasteiger partial charge in [-0.05, 0) is 233 Å². The second kappa shape index (κ2) is 19.2. The summed E-state index contributed by atoms with van der Waals surface area (Å²) in [5.41, 5.74) is 30.0. The third-order valence-electron chi connectivity index (χ3n) is 24.5. The van der Waals surface area contributed by atoms with E-state index in [1.54, 1.807) is 11.1 Å². The van der Waals surface area contributed by atoms with E-state index in [2.05, 4.69) is 297 Å². The van der Waals surface area contributed by atoms with Gasteiger partial charge in [0.05, 0.1) is 28.1 Å². The molecule has 91 heavy (non-hydrogen) atoms. The fourth-order valence-corrected chi connectivity index (χ4v) is 19.7. The lowest BCUT2D eigenvalue weighted by Crippen LogP contribution is -2.61. The van der Waals surface area contributed by atoms with Crippen molar-refractivity contribution in [3.8, 4) is 16.8 Å². The van der Waals surface area contributed by atoms with Gasteiger partial charge in [0, 0.05) is 53.9 Å². The second-order valence-corrected chi connectivity index (χ2v) is 36.6. The number of hydrogen-bond acceptors (Lipinski definition) is 3. The quantitative estimate of drug-likeness (QED) is 0.163. The van der Waals surface area contributed by atoms with E-state index >= 15 is 0 Å². The van der Waals surface area contributed by atoms with Crippen molar-refractivity contribution in [2.24, 2.45) is 5.92 Å². The molecule has 8 aromatic carbocycles. The van der Waals surface area contributed by atoms with Crippen LogP contribution in [0.4, 0.5) is 34.1 Å². The Morgan fingerprint density at radius 2 is 0.978 bits per heavy atom. The van der Waals surface area contributed by atoms with Crippen molar-refractivity contribution in [3.05, 3.63) is 190 Å². The van der Waals surface area contributed by atoms with Crippen molar-refractivity contribution < 1.29 is 0 Å². The van der Waals surface area contributed by atoms with E-state index in [9.17, 15) is 0 Å². The average molecular weight is 1210 g/mol. The Bertz CT molecular complexity index is 4660. The molecule has 3 atom stereocenters. The van der Waals surface area contributed by atoms with Gasteiger partial charge in [-0.3, -0.25) is 0 Å². The molecule has 5 heteroatoms. The predicted molar refractivity (Wildman–Crippen MR) is 395 cm³/mol. The fraction of sp³-hybridized carbons (Fsp3) is 0.419. The SMILES string of the molecule is CC1c2cc3sc4c(c3cc2C2(C)CCC1C2)N(c1cc2c(cc1-c1ccccc1)C(C)(C)CCC2(C)C)c1cc(-n2c3cc(C(C)(C)C)ccc3c3ccc(C(C)(C)C)cc32)cc2c1B4c1cc3c(cc1N2c1ccc(C(C)(C)C)cc1)C(C)(C)CCC3(C)C. The van der Waals surface area contributed by atoms with Gasteiger partial charge in [-0.25, -0.2) is 0 Å². The van der Waals surface area contributed by atoms with E-state index < -0.39 is 0 Å². The molecule has 0 saturated heterocycles. The number of benzene rings is 8. The first kappa shape index (κ1) is 59.2. The summed E-state index contributed by atoms with van der Waals surface area (Å²) in [7, 11) is 0. The first-order valence-electron chi connectivity index (χ1n) is 34.8. The molecule has 4 aliphatic carbocycles. The summed E-state index contributed by atoms with van der Waals surface area (Å²) in [6.07, 6.45) is 8.45. The number of thiophene rings is 1. The molecule has 1 saturated carbocycles. The maximum Gasteiger partial charge on any atom is 0.264 e. The number of aromatic nitrogens is 1. The highest BCUT2D eigenvalue weighted by molar-refractivity contribution is 7.33. The van der Waals surface area contributed by atoms with E-state index in [0.29, 0.717) is 5.92 Å². The third-order valence-corrected chi connectivity index (χ3v) is 25.7. The zero-order valence-electron chi connectivity index (χ0n) is 58.2. The summed E-state index contributed by atoms with van der Waals surface area (Å²) < 4.78 is 5.59. The third kappa shape index (κ3) is 8.76. The number of fused-ring (bicyclic) bond motifs is 15. The topological polar surface area (TPSA) is 11.4 Å². The second-order valence-electron chi connectivity index (χ2n) is 35.5. The van der Waals surface area contributed by atoms with Crippen LogP contribution < -0.4 is 25.5 Å². The van der Waals surface area contributed by atoms with Crippen molar-refractivity contribution in [1.82, 2.24) is 4.57 Å². The van der Waals surface area contributed by atoms with Gasteiger partial charge in [0.15, 0.2) is 0 Å². The van der Waals surface area contributed by atoms with Gasteiger partial charge in [0.2, 0.25) is 0 Å². The Hall–Kier alpha value is -6.82. The number of anilines is 6. The molecule has 0 radical (unpaired) electrons. The molecule has 1 fully saturated rings. The maximum absolute atomic E-state index is 2.89. The zero-order valence-corrected chi connectivity index (χ0v) is 59.0. The molecular weight excluding hydrogens is 1120 g/mol.